The highest BCUT2D eigenvalue weighted by Crippen LogP contribution is 2.26. The molecule has 0 aromatic heterocycles. The Morgan fingerprint density at radius 2 is 2.00 bits per heavy atom. The molecule has 0 saturated carbocycles. The first kappa shape index (κ1) is 11.1. The fraction of sp³-hybridized carbons (Fsp3) is 0.273. The summed E-state index contributed by atoms with van der Waals surface area (Å²) in [5.41, 5.74) is 0.747. The second kappa shape index (κ2) is 4.25. The normalized spacial score (nSPS) is 20.2. The number of amides is 1. The van der Waals surface area contributed by atoms with Crippen molar-refractivity contribution in [1.29, 1.82) is 0 Å². The minimum Gasteiger partial charge on any atom is -0.481 e. The lowest BCUT2D eigenvalue weighted by Gasteiger charge is -2.15. The predicted octanol–water partition coefficient (Wildman–Crippen LogP) is 1.89. The van der Waals surface area contributed by atoms with Crippen LogP contribution in [0.3, 0.4) is 0 Å². The third kappa shape index (κ3) is 1.95. The van der Waals surface area contributed by atoms with Gasteiger partial charge in [-0.05, 0) is 30.7 Å². The second-order valence-electron chi connectivity index (χ2n) is 3.65. The molecule has 5 heteroatoms. The first-order chi connectivity index (χ1) is 7.59. The van der Waals surface area contributed by atoms with Gasteiger partial charge in [0.25, 0.3) is 0 Å². The van der Waals surface area contributed by atoms with Crippen molar-refractivity contribution in [2.24, 2.45) is 5.92 Å². The predicted molar refractivity (Wildman–Crippen MR) is 62.2 cm³/mol. The number of rotatable bonds is 2. The number of carboxylic acid groups (broad SMARTS) is 1. The Hall–Kier alpha value is -1.36. The maximum atomic E-state index is 11.8. The number of halogens is 1. The van der Waals surface area contributed by atoms with E-state index in [0.717, 1.165) is 10.2 Å². The van der Waals surface area contributed by atoms with Gasteiger partial charge in [-0.15, -0.1) is 0 Å². The average molecular weight is 284 g/mol. The van der Waals surface area contributed by atoms with Gasteiger partial charge in [-0.1, -0.05) is 15.9 Å². The molecule has 1 amide bonds. The van der Waals surface area contributed by atoms with Crippen LogP contribution in [0.4, 0.5) is 5.69 Å². The van der Waals surface area contributed by atoms with E-state index in [4.69, 9.17) is 5.11 Å². The number of carboxylic acids is 1. The minimum absolute atomic E-state index is 0.324. The van der Waals surface area contributed by atoms with Gasteiger partial charge in [0.1, 0.15) is 5.92 Å². The molecule has 1 heterocycles. The number of aliphatic carboxylic acids is 1. The Kier molecular flexibility index (Phi) is 2.96. The van der Waals surface area contributed by atoms with Crippen molar-refractivity contribution in [2.45, 2.75) is 6.42 Å². The van der Waals surface area contributed by atoms with E-state index in [2.05, 4.69) is 15.9 Å². The summed E-state index contributed by atoms with van der Waals surface area (Å²) < 4.78 is 0.928. The Morgan fingerprint density at radius 3 is 2.50 bits per heavy atom. The van der Waals surface area contributed by atoms with Gasteiger partial charge >= 0.3 is 5.97 Å². The monoisotopic (exact) mass is 283 g/mol. The number of benzene rings is 1. The van der Waals surface area contributed by atoms with E-state index in [9.17, 15) is 9.59 Å². The summed E-state index contributed by atoms with van der Waals surface area (Å²) in [6.07, 6.45) is 0.379. The third-order valence-electron chi connectivity index (χ3n) is 2.64. The van der Waals surface area contributed by atoms with Crippen molar-refractivity contribution in [2.75, 3.05) is 11.4 Å². The van der Waals surface area contributed by atoms with E-state index in [1.165, 1.54) is 4.90 Å². The Labute approximate surface area is 101 Å². The number of hydrogen-bond donors (Lipinski definition) is 1. The van der Waals surface area contributed by atoms with Crippen LogP contribution in [0.25, 0.3) is 0 Å². The largest absolute Gasteiger partial charge is 0.481 e. The molecule has 1 aromatic rings. The summed E-state index contributed by atoms with van der Waals surface area (Å²) in [4.78, 5) is 24.1. The van der Waals surface area contributed by atoms with Crippen LogP contribution in [0.15, 0.2) is 28.7 Å². The van der Waals surface area contributed by atoms with Crippen molar-refractivity contribution >= 4 is 33.5 Å². The van der Waals surface area contributed by atoms with Crippen molar-refractivity contribution in [3.8, 4) is 0 Å². The lowest BCUT2D eigenvalue weighted by atomic mass is 10.1. The molecule has 1 N–H and O–H groups in total. The fourth-order valence-electron chi connectivity index (χ4n) is 1.79. The van der Waals surface area contributed by atoms with E-state index in [-0.39, 0.29) is 5.91 Å². The topological polar surface area (TPSA) is 57.6 Å². The van der Waals surface area contributed by atoms with Crippen LogP contribution in [0.2, 0.25) is 0 Å². The van der Waals surface area contributed by atoms with E-state index < -0.39 is 11.9 Å². The first-order valence-corrected chi connectivity index (χ1v) is 5.68. The summed E-state index contributed by atoms with van der Waals surface area (Å²) in [5, 5.41) is 8.84. The van der Waals surface area contributed by atoms with E-state index in [0.29, 0.717) is 13.0 Å². The van der Waals surface area contributed by atoms with Crippen LogP contribution >= 0.6 is 15.9 Å². The molecule has 0 radical (unpaired) electrons. The molecule has 16 heavy (non-hydrogen) atoms. The summed E-state index contributed by atoms with van der Waals surface area (Å²) in [6.45, 7) is 0.470. The third-order valence-corrected chi connectivity index (χ3v) is 3.17. The zero-order chi connectivity index (χ0) is 11.7. The Morgan fingerprint density at radius 1 is 1.38 bits per heavy atom. The van der Waals surface area contributed by atoms with Gasteiger partial charge in [0.15, 0.2) is 0 Å². The zero-order valence-corrected chi connectivity index (χ0v) is 9.98. The van der Waals surface area contributed by atoms with Gasteiger partial charge in [0.2, 0.25) is 5.91 Å². The number of hydrogen-bond acceptors (Lipinski definition) is 2. The molecular formula is C11H10BrNO3. The highest BCUT2D eigenvalue weighted by molar-refractivity contribution is 9.10. The quantitative estimate of drug-likeness (QED) is 0.844. The van der Waals surface area contributed by atoms with Crippen LogP contribution in [0.1, 0.15) is 6.42 Å². The van der Waals surface area contributed by atoms with Gasteiger partial charge in [-0.3, -0.25) is 9.59 Å². The van der Waals surface area contributed by atoms with Crippen molar-refractivity contribution in [3.05, 3.63) is 28.7 Å². The maximum absolute atomic E-state index is 11.8. The fourth-order valence-corrected chi connectivity index (χ4v) is 2.05. The Balaban J connectivity index is 2.21. The van der Waals surface area contributed by atoms with E-state index in [1.807, 2.05) is 12.1 Å². The number of nitrogens with zero attached hydrogens (tertiary/aromatic N) is 1. The summed E-state index contributed by atoms with van der Waals surface area (Å²) in [5.74, 6) is -2.25. The van der Waals surface area contributed by atoms with Crippen LogP contribution in [0, 0.1) is 5.92 Å². The second-order valence-corrected chi connectivity index (χ2v) is 4.56. The van der Waals surface area contributed by atoms with Crippen LogP contribution in [-0.4, -0.2) is 23.5 Å². The number of anilines is 1. The summed E-state index contributed by atoms with van der Waals surface area (Å²) in [7, 11) is 0. The molecule has 1 saturated heterocycles. The van der Waals surface area contributed by atoms with Crippen LogP contribution in [-0.2, 0) is 9.59 Å². The lowest BCUT2D eigenvalue weighted by molar-refractivity contribution is -0.144. The number of carbonyl (C=O) groups excluding carboxylic acids is 1. The van der Waals surface area contributed by atoms with Crippen molar-refractivity contribution in [3.63, 3.8) is 0 Å². The van der Waals surface area contributed by atoms with E-state index in [1.54, 1.807) is 12.1 Å². The molecule has 84 valence electrons. The highest BCUT2D eigenvalue weighted by Gasteiger charge is 2.37. The molecule has 0 spiro atoms. The molecule has 0 bridgehead atoms. The SMILES string of the molecule is O=C(O)C1CCN(c2ccc(Br)cc2)C1=O. The first-order valence-electron chi connectivity index (χ1n) is 4.89. The summed E-state index contributed by atoms with van der Waals surface area (Å²) in [6, 6.07) is 7.26. The Bertz CT molecular complexity index is 429. The van der Waals surface area contributed by atoms with Crippen LogP contribution in [0.5, 0.6) is 0 Å². The molecule has 1 unspecified atom stereocenters. The number of carbonyl (C=O) groups is 2. The molecule has 1 fully saturated rings. The molecule has 4 nitrogen and oxygen atoms in total. The van der Waals surface area contributed by atoms with Crippen molar-refractivity contribution in [1.82, 2.24) is 0 Å². The molecule has 1 aromatic carbocycles. The zero-order valence-electron chi connectivity index (χ0n) is 8.39. The van der Waals surface area contributed by atoms with Crippen molar-refractivity contribution < 1.29 is 14.7 Å². The molecule has 1 atom stereocenters. The van der Waals surface area contributed by atoms with Crippen LogP contribution < -0.4 is 4.90 Å². The molecule has 1 aliphatic rings. The lowest BCUT2D eigenvalue weighted by Crippen LogP contribution is -2.29. The van der Waals surface area contributed by atoms with Gasteiger partial charge in [0, 0.05) is 16.7 Å². The van der Waals surface area contributed by atoms with E-state index >= 15 is 0 Å². The molecule has 1 aliphatic heterocycles. The standard InChI is InChI=1S/C11H10BrNO3/c12-7-1-3-8(4-2-7)13-6-5-9(10(13)14)11(15)16/h1-4,9H,5-6H2,(H,15,16). The van der Waals surface area contributed by atoms with Gasteiger partial charge in [-0.2, -0.15) is 0 Å². The smallest absolute Gasteiger partial charge is 0.316 e. The molecular weight excluding hydrogens is 274 g/mol. The summed E-state index contributed by atoms with van der Waals surface area (Å²) >= 11 is 3.31. The maximum Gasteiger partial charge on any atom is 0.316 e. The van der Waals surface area contributed by atoms with Gasteiger partial charge in [0.05, 0.1) is 0 Å². The molecule has 0 aliphatic carbocycles. The van der Waals surface area contributed by atoms with Gasteiger partial charge in [-0.25, -0.2) is 0 Å². The van der Waals surface area contributed by atoms with Gasteiger partial charge < -0.3 is 10.0 Å². The average Bonchev–Trinajstić information content (AvgIpc) is 2.61. The minimum atomic E-state index is -1.04. The highest BCUT2D eigenvalue weighted by atomic mass is 79.9. The molecule has 2 rings (SSSR count).